The van der Waals surface area contributed by atoms with E-state index < -0.39 is 6.10 Å². The summed E-state index contributed by atoms with van der Waals surface area (Å²) < 4.78 is 10.4. The van der Waals surface area contributed by atoms with Gasteiger partial charge in [-0.2, -0.15) is 0 Å². The fourth-order valence-electron chi connectivity index (χ4n) is 2.18. The monoisotopic (exact) mass is 297 g/mol. The largest absolute Gasteiger partial charge is 0.467 e. The molecule has 2 N–H and O–H groups in total. The van der Waals surface area contributed by atoms with Crippen LogP contribution in [0, 0.1) is 0 Å². The quantitative estimate of drug-likeness (QED) is 0.759. The number of rotatable bonds is 5. The molecule has 0 aliphatic carbocycles. The van der Waals surface area contributed by atoms with E-state index in [-0.39, 0.29) is 18.2 Å². The molecule has 5 nitrogen and oxygen atoms in total. The third kappa shape index (κ3) is 2.94. The molecule has 2 aromatic heterocycles. The van der Waals surface area contributed by atoms with Crippen molar-refractivity contribution in [1.29, 1.82) is 0 Å². The minimum absolute atomic E-state index is 0.0429. The highest BCUT2D eigenvalue weighted by Crippen LogP contribution is 2.24. The normalized spacial score (nSPS) is 12.0. The Kier molecular flexibility index (Phi) is 4.07. The van der Waals surface area contributed by atoms with Crippen LogP contribution in [-0.4, -0.2) is 17.6 Å². The van der Waals surface area contributed by atoms with Gasteiger partial charge < -0.3 is 19.3 Å². The van der Waals surface area contributed by atoms with E-state index in [0.717, 1.165) is 5.56 Å². The van der Waals surface area contributed by atoms with E-state index in [1.165, 1.54) is 12.5 Å². The third-order valence-corrected chi connectivity index (χ3v) is 3.28. The summed E-state index contributed by atoms with van der Waals surface area (Å²) in [7, 11) is 0. The molecular formula is C17H15NO4. The van der Waals surface area contributed by atoms with Gasteiger partial charge in [0.1, 0.15) is 11.9 Å². The van der Waals surface area contributed by atoms with E-state index >= 15 is 0 Å². The second-order valence-corrected chi connectivity index (χ2v) is 4.77. The zero-order valence-corrected chi connectivity index (χ0v) is 11.7. The van der Waals surface area contributed by atoms with Crippen molar-refractivity contribution >= 4 is 5.91 Å². The van der Waals surface area contributed by atoms with Crippen LogP contribution in [0.15, 0.2) is 69.9 Å². The maximum absolute atomic E-state index is 12.2. The molecule has 0 fully saturated rings. The van der Waals surface area contributed by atoms with Gasteiger partial charge in [-0.25, -0.2) is 0 Å². The Morgan fingerprint density at radius 1 is 1.05 bits per heavy atom. The first-order valence-electron chi connectivity index (χ1n) is 6.88. The minimum atomic E-state index is -0.894. The van der Waals surface area contributed by atoms with Crippen LogP contribution in [-0.2, 0) is 0 Å². The molecule has 3 rings (SSSR count). The Morgan fingerprint density at radius 2 is 1.86 bits per heavy atom. The van der Waals surface area contributed by atoms with E-state index in [2.05, 4.69) is 5.32 Å². The summed E-state index contributed by atoms with van der Waals surface area (Å²) in [5, 5.41) is 12.5. The average molecular weight is 297 g/mol. The molecule has 0 spiro atoms. The van der Waals surface area contributed by atoms with Gasteiger partial charge in [-0.3, -0.25) is 4.79 Å². The van der Waals surface area contributed by atoms with Gasteiger partial charge in [-0.05, 0) is 23.8 Å². The van der Waals surface area contributed by atoms with Gasteiger partial charge in [0, 0.05) is 5.56 Å². The van der Waals surface area contributed by atoms with Gasteiger partial charge >= 0.3 is 0 Å². The molecule has 0 aliphatic heterocycles. The lowest BCUT2D eigenvalue weighted by Gasteiger charge is -2.09. The molecule has 112 valence electrons. The zero-order valence-electron chi connectivity index (χ0n) is 11.7. The molecule has 3 aromatic rings. The number of nitrogens with one attached hydrogen (secondary N) is 1. The van der Waals surface area contributed by atoms with Crippen molar-refractivity contribution < 1.29 is 18.7 Å². The molecule has 1 unspecified atom stereocenters. The molecule has 1 atom stereocenters. The summed E-state index contributed by atoms with van der Waals surface area (Å²) in [6.45, 7) is 0.0429. The second kappa shape index (κ2) is 6.32. The molecule has 1 amide bonds. The van der Waals surface area contributed by atoms with Crippen LogP contribution in [0.3, 0.4) is 0 Å². The molecule has 0 aliphatic rings. The van der Waals surface area contributed by atoms with Crippen LogP contribution >= 0.6 is 0 Å². The fraction of sp³-hybridized carbons (Fsp3) is 0.118. The molecule has 0 saturated carbocycles. The van der Waals surface area contributed by atoms with Crippen LogP contribution in [0.1, 0.15) is 22.4 Å². The molecule has 0 bridgehead atoms. The Bertz CT molecular complexity index is 731. The van der Waals surface area contributed by atoms with E-state index in [1.54, 1.807) is 18.2 Å². The summed E-state index contributed by atoms with van der Waals surface area (Å²) in [6.07, 6.45) is 2.05. The van der Waals surface area contributed by atoms with E-state index in [0.29, 0.717) is 11.3 Å². The first kappa shape index (κ1) is 14.2. The Balaban J connectivity index is 1.70. The summed E-state index contributed by atoms with van der Waals surface area (Å²) in [5.41, 5.74) is 1.61. The average Bonchev–Trinajstić information content (AvgIpc) is 3.24. The molecule has 22 heavy (non-hydrogen) atoms. The molecule has 0 saturated heterocycles. The number of amides is 1. The number of aliphatic hydroxyl groups excluding tert-OH is 1. The van der Waals surface area contributed by atoms with E-state index in [1.807, 2.05) is 30.3 Å². The molecular weight excluding hydrogens is 282 g/mol. The summed E-state index contributed by atoms with van der Waals surface area (Å²) in [5.74, 6) is 0.246. The molecule has 0 radical (unpaired) electrons. The number of carbonyl (C=O) groups excluding carboxylic acids is 1. The van der Waals surface area contributed by atoms with E-state index in [4.69, 9.17) is 8.83 Å². The van der Waals surface area contributed by atoms with Crippen molar-refractivity contribution in [1.82, 2.24) is 5.32 Å². The highest BCUT2D eigenvalue weighted by atomic mass is 16.4. The van der Waals surface area contributed by atoms with Crippen molar-refractivity contribution in [2.45, 2.75) is 6.10 Å². The first-order valence-corrected chi connectivity index (χ1v) is 6.88. The number of furan rings is 2. The fourth-order valence-corrected chi connectivity index (χ4v) is 2.18. The van der Waals surface area contributed by atoms with Crippen molar-refractivity contribution in [2.75, 3.05) is 6.54 Å². The van der Waals surface area contributed by atoms with Crippen molar-refractivity contribution in [3.63, 3.8) is 0 Å². The topological polar surface area (TPSA) is 75.6 Å². The summed E-state index contributed by atoms with van der Waals surface area (Å²) in [4.78, 5) is 12.2. The number of aliphatic hydroxyl groups is 1. The highest BCUT2D eigenvalue weighted by molar-refractivity contribution is 5.98. The molecule has 5 heteroatoms. The zero-order chi connectivity index (χ0) is 15.4. The predicted molar refractivity (Wildman–Crippen MR) is 80.1 cm³/mol. The second-order valence-electron chi connectivity index (χ2n) is 4.77. The summed E-state index contributed by atoms with van der Waals surface area (Å²) in [6, 6.07) is 14.6. The lowest BCUT2D eigenvalue weighted by Crippen LogP contribution is -2.28. The van der Waals surface area contributed by atoms with Crippen LogP contribution in [0.25, 0.3) is 11.1 Å². The van der Waals surface area contributed by atoms with Crippen LogP contribution in [0.5, 0.6) is 0 Å². The lowest BCUT2D eigenvalue weighted by molar-refractivity contribution is 0.0875. The standard InChI is InChI=1S/C17H15NO4/c19-14(15-7-4-9-21-15)11-18-17(20)16-13(8-10-22-16)12-5-2-1-3-6-12/h1-10,14,19H,11H2,(H,18,20). The number of hydrogen-bond acceptors (Lipinski definition) is 4. The maximum Gasteiger partial charge on any atom is 0.287 e. The maximum atomic E-state index is 12.2. The number of carbonyl (C=O) groups is 1. The summed E-state index contributed by atoms with van der Waals surface area (Å²) >= 11 is 0. The van der Waals surface area contributed by atoms with Crippen LogP contribution in [0.2, 0.25) is 0 Å². The number of hydrogen-bond donors (Lipinski definition) is 2. The number of benzene rings is 1. The van der Waals surface area contributed by atoms with Crippen molar-refractivity contribution in [2.24, 2.45) is 0 Å². The molecule has 2 heterocycles. The Labute approximate surface area is 127 Å². The van der Waals surface area contributed by atoms with Crippen molar-refractivity contribution in [3.05, 3.63) is 72.6 Å². The van der Waals surface area contributed by atoms with E-state index in [9.17, 15) is 9.90 Å². The van der Waals surface area contributed by atoms with Gasteiger partial charge in [-0.15, -0.1) is 0 Å². The Morgan fingerprint density at radius 3 is 2.59 bits per heavy atom. The van der Waals surface area contributed by atoms with Crippen molar-refractivity contribution in [3.8, 4) is 11.1 Å². The van der Waals surface area contributed by atoms with Gasteiger partial charge in [0.2, 0.25) is 0 Å². The highest BCUT2D eigenvalue weighted by Gasteiger charge is 2.18. The van der Waals surface area contributed by atoms with Gasteiger partial charge in [-0.1, -0.05) is 30.3 Å². The Hall–Kier alpha value is -2.79. The third-order valence-electron chi connectivity index (χ3n) is 3.28. The lowest BCUT2D eigenvalue weighted by atomic mass is 10.1. The smallest absolute Gasteiger partial charge is 0.287 e. The SMILES string of the molecule is O=C(NCC(O)c1ccco1)c1occc1-c1ccccc1. The van der Waals surface area contributed by atoms with Gasteiger partial charge in [0.05, 0.1) is 19.1 Å². The predicted octanol–water partition coefficient (Wildman–Crippen LogP) is 3.00. The minimum Gasteiger partial charge on any atom is -0.467 e. The first-order chi connectivity index (χ1) is 10.8. The molecule has 1 aromatic carbocycles. The van der Waals surface area contributed by atoms with Crippen LogP contribution in [0.4, 0.5) is 0 Å². The van der Waals surface area contributed by atoms with Gasteiger partial charge in [0.15, 0.2) is 5.76 Å². The van der Waals surface area contributed by atoms with Crippen LogP contribution < -0.4 is 5.32 Å². The van der Waals surface area contributed by atoms with Gasteiger partial charge in [0.25, 0.3) is 5.91 Å².